The molecule has 0 fully saturated rings. The molecule has 0 aromatic carbocycles. The van der Waals surface area contributed by atoms with E-state index in [0.29, 0.717) is 0 Å². The van der Waals surface area contributed by atoms with Crippen LogP contribution in [-0.2, 0) is 6.42 Å². The number of nitrogen functional groups attached to an aromatic ring is 1. The first kappa shape index (κ1) is 9.80. The summed E-state index contributed by atoms with van der Waals surface area (Å²) < 4.78 is 1.99. The van der Waals surface area contributed by atoms with E-state index in [2.05, 4.69) is 16.9 Å². The van der Waals surface area contributed by atoms with E-state index in [-0.39, 0.29) is 0 Å². The molecule has 6 heteroatoms. The number of hydrogen-bond acceptors (Lipinski definition) is 5. The number of fused-ring (bicyclic) bond motifs is 1. The average Bonchev–Trinajstić information content (AvgIpc) is 2.89. The second-order valence-electron chi connectivity index (χ2n) is 3.39. The molecule has 3 aromatic heterocycles. The zero-order valence-electron chi connectivity index (χ0n) is 8.67. The average molecular weight is 250 g/mol. The second kappa shape index (κ2) is 3.57. The number of anilines is 1. The summed E-state index contributed by atoms with van der Waals surface area (Å²) >= 11 is 3.15. The fourth-order valence-corrected chi connectivity index (χ4v) is 3.04. The summed E-state index contributed by atoms with van der Waals surface area (Å²) in [6, 6.07) is 0. The number of aromatic nitrogens is 3. The van der Waals surface area contributed by atoms with Gasteiger partial charge in [-0.15, -0.1) is 22.7 Å². The number of imidazole rings is 1. The van der Waals surface area contributed by atoms with Crippen LogP contribution in [0.2, 0.25) is 0 Å². The van der Waals surface area contributed by atoms with Gasteiger partial charge >= 0.3 is 0 Å². The highest BCUT2D eigenvalue weighted by Gasteiger charge is 2.13. The van der Waals surface area contributed by atoms with Crippen molar-refractivity contribution >= 4 is 32.6 Å². The van der Waals surface area contributed by atoms with Crippen LogP contribution < -0.4 is 5.73 Å². The summed E-state index contributed by atoms with van der Waals surface area (Å²) in [5.74, 6) is 0. The van der Waals surface area contributed by atoms with E-state index in [0.717, 1.165) is 32.8 Å². The van der Waals surface area contributed by atoms with Gasteiger partial charge in [0.05, 0.1) is 5.01 Å². The zero-order valence-corrected chi connectivity index (χ0v) is 10.3. The van der Waals surface area contributed by atoms with Crippen molar-refractivity contribution < 1.29 is 0 Å². The van der Waals surface area contributed by atoms with Crippen LogP contribution >= 0.6 is 22.7 Å². The largest absolute Gasteiger partial charge is 0.389 e. The lowest BCUT2D eigenvalue weighted by Gasteiger charge is -1.89. The third kappa shape index (κ3) is 1.42. The Kier molecular flexibility index (Phi) is 2.19. The van der Waals surface area contributed by atoms with Crippen molar-refractivity contribution in [2.75, 3.05) is 5.73 Å². The van der Waals surface area contributed by atoms with Crippen LogP contribution in [0, 0.1) is 0 Å². The van der Waals surface area contributed by atoms with Crippen LogP contribution in [0.5, 0.6) is 0 Å². The minimum absolute atomic E-state index is 0.752. The van der Waals surface area contributed by atoms with Gasteiger partial charge in [-0.05, 0) is 6.42 Å². The quantitative estimate of drug-likeness (QED) is 0.760. The van der Waals surface area contributed by atoms with Gasteiger partial charge in [0.25, 0.3) is 0 Å². The van der Waals surface area contributed by atoms with E-state index >= 15 is 0 Å². The molecule has 0 spiro atoms. The van der Waals surface area contributed by atoms with E-state index < -0.39 is 0 Å². The SMILES string of the molecule is CCc1nc(-c2cn3ccsc3n2)c(N)s1. The molecular weight excluding hydrogens is 240 g/mol. The molecule has 0 amide bonds. The number of rotatable bonds is 2. The van der Waals surface area contributed by atoms with E-state index in [1.165, 1.54) is 0 Å². The molecule has 0 saturated carbocycles. The minimum Gasteiger partial charge on any atom is -0.389 e. The van der Waals surface area contributed by atoms with Gasteiger partial charge in [-0.25, -0.2) is 9.97 Å². The van der Waals surface area contributed by atoms with Crippen molar-refractivity contribution in [2.45, 2.75) is 13.3 Å². The van der Waals surface area contributed by atoms with Gasteiger partial charge < -0.3 is 5.73 Å². The highest BCUT2D eigenvalue weighted by atomic mass is 32.1. The maximum Gasteiger partial charge on any atom is 0.194 e. The Bertz CT molecular complexity index is 606. The molecule has 82 valence electrons. The summed E-state index contributed by atoms with van der Waals surface area (Å²) in [5, 5.41) is 3.82. The van der Waals surface area contributed by atoms with E-state index in [1.807, 2.05) is 22.2 Å². The maximum absolute atomic E-state index is 5.95. The Balaban J connectivity index is 2.14. The van der Waals surface area contributed by atoms with Crippen LogP contribution in [0.1, 0.15) is 11.9 Å². The van der Waals surface area contributed by atoms with Crippen molar-refractivity contribution in [1.29, 1.82) is 0 Å². The van der Waals surface area contributed by atoms with Crippen molar-refractivity contribution in [2.24, 2.45) is 0 Å². The predicted octanol–water partition coefficient (Wildman–Crippen LogP) is 2.66. The van der Waals surface area contributed by atoms with Crippen molar-refractivity contribution in [3.8, 4) is 11.4 Å². The Morgan fingerprint density at radius 3 is 3.00 bits per heavy atom. The maximum atomic E-state index is 5.95. The summed E-state index contributed by atoms with van der Waals surface area (Å²) in [6.07, 6.45) is 4.87. The van der Waals surface area contributed by atoms with Crippen LogP contribution in [0.15, 0.2) is 17.8 Å². The van der Waals surface area contributed by atoms with Gasteiger partial charge in [-0.1, -0.05) is 6.92 Å². The van der Waals surface area contributed by atoms with E-state index in [9.17, 15) is 0 Å². The molecule has 0 aliphatic rings. The first-order chi connectivity index (χ1) is 7.78. The van der Waals surface area contributed by atoms with Crippen molar-refractivity contribution in [3.63, 3.8) is 0 Å². The van der Waals surface area contributed by atoms with E-state index in [1.54, 1.807) is 22.7 Å². The van der Waals surface area contributed by atoms with Crippen LogP contribution in [0.4, 0.5) is 5.00 Å². The second-order valence-corrected chi connectivity index (χ2v) is 5.38. The third-order valence-corrected chi connectivity index (χ3v) is 4.14. The lowest BCUT2D eigenvalue weighted by molar-refractivity contribution is 1.09. The van der Waals surface area contributed by atoms with Gasteiger partial charge in [0, 0.05) is 17.8 Å². The fourth-order valence-electron chi connectivity index (χ4n) is 1.55. The molecule has 0 saturated heterocycles. The Labute approximate surface area is 100 Å². The molecule has 2 N–H and O–H groups in total. The smallest absolute Gasteiger partial charge is 0.194 e. The highest BCUT2D eigenvalue weighted by molar-refractivity contribution is 7.16. The number of thiazole rings is 2. The highest BCUT2D eigenvalue weighted by Crippen LogP contribution is 2.30. The lowest BCUT2D eigenvalue weighted by Crippen LogP contribution is -1.86. The number of aryl methyl sites for hydroxylation is 1. The third-order valence-electron chi connectivity index (χ3n) is 2.34. The minimum atomic E-state index is 0.752. The lowest BCUT2D eigenvalue weighted by atomic mass is 10.3. The topological polar surface area (TPSA) is 56.2 Å². The van der Waals surface area contributed by atoms with Gasteiger partial charge in [-0.3, -0.25) is 4.40 Å². The molecular formula is C10H10N4S2. The molecule has 3 rings (SSSR count). The molecule has 4 nitrogen and oxygen atoms in total. The van der Waals surface area contributed by atoms with Crippen LogP contribution in [-0.4, -0.2) is 14.4 Å². The number of nitrogens with two attached hydrogens (primary N) is 1. The zero-order chi connectivity index (χ0) is 11.1. The predicted molar refractivity (Wildman–Crippen MR) is 68.0 cm³/mol. The van der Waals surface area contributed by atoms with Gasteiger partial charge in [0.1, 0.15) is 16.4 Å². The Morgan fingerprint density at radius 1 is 1.44 bits per heavy atom. The van der Waals surface area contributed by atoms with Crippen molar-refractivity contribution in [3.05, 3.63) is 22.8 Å². The Hall–Kier alpha value is -1.40. The normalized spacial score (nSPS) is 11.3. The van der Waals surface area contributed by atoms with Gasteiger partial charge in [0.15, 0.2) is 4.96 Å². The molecule has 0 unspecified atom stereocenters. The molecule has 0 aliphatic carbocycles. The van der Waals surface area contributed by atoms with Gasteiger partial charge in [-0.2, -0.15) is 0 Å². The Morgan fingerprint density at radius 2 is 2.31 bits per heavy atom. The standard InChI is InChI=1S/C10H10N4S2/c1-2-7-13-8(9(11)16-7)6-5-14-3-4-15-10(14)12-6/h3-5H,2,11H2,1H3. The molecule has 0 atom stereocenters. The molecule has 3 aromatic rings. The molecule has 16 heavy (non-hydrogen) atoms. The van der Waals surface area contributed by atoms with Crippen molar-refractivity contribution in [1.82, 2.24) is 14.4 Å². The summed E-state index contributed by atoms with van der Waals surface area (Å²) in [6.45, 7) is 2.08. The van der Waals surface area contributed by atoms with Crippen LogP contribution in [0.25, 0.3) is 16.3 Å². The monoisotopic (exact) mass is 250 g/mol. The number of nitrogens with zero attached hydrogens (tertiary/aromatic N) is 3. The summed E-state index contributed by atoms with van der Waals surface area (Å²) in [7, 11) is 0. The molecule has 0 bridgehead atoms. The summed E-state index contributed by atoms with van der Waals surface area (Å²) in [5.41, 5.74) is 7.63. The molecule has 0 radical (unpaired) electrons. The molecule has 0 aliphatic heterocycles. The summed E-state index contributed by atoms with van der Waals surface area (Å²) in [4.78, 5) is 9.97. The van der Waals surface area contributed by atoms with Crippen LogP contribution in [0.3, 0.4) is 0 Å². The van der Waals surface area contributed by atoms with Gasteiger partial charge in [0.2, 0.25) is 0 Å². The fraction of sp³-hybridized carbons (Fsp3) is 0.200. The first-order valence-corrected chi connectivity index (χ1v) is 6.65. The molecule has 3 heterocycles. The van der Waals surface area contributed by atoms with E-state index in [4.69, 9.17) is 5.73 Å². The first-order valence-electron chi connectivity index (χ1n) is 4.95. The number of hydrogen-bond donors (Lipinski definition) is 1.